The Morgan fingerprint density at radius 3 is 2.60 bits per heavy atom. The number of nitrogens with two attached hydrogens (primary N) is 2. The maximum atomic E-state index is 12.1. The van der Waals surface area contributed by atoms with Crippen LogP contribution < -0.4 is 16.2 Å². The van der Waals surface area contributed by atoms with E-state index in [2.05, 4.69) is 9.72 Å². The van der Waals surface area contributed by atoms with Crippen LogP contribution >= 0.6 is 0 Å². The average Bonchev–Trinajstić information content (AvgIpc) is 2.31. The molecule has 0 atom stereocenters. The third-order valence-corrected chi connectivity index (χ3v) is 2.23. The zero-order valence-electron chi connectivity index (χ0n) is 10.7. The molecule has 0 aliphatic heterocycles. The van der Waals surface area contributed by atoms with Gasteiger partial charge in [0.2, 0.25) is 5.88 Å². The molecule has 0 aromatic carbocycles. The average molecular weight is 293 g/mol. The largest absolute Gasteiger partial charge is 0.574 e. The van der Waals surface area contributed by atoms with E-state index in [1.807, 2.05) is 0 Å². The first-order valence-electron chi connectivity index (χ1n) is 5.66. The molecule has 1 aromatic heterocycles. The molecule has 9 heteroatoms. The van der Waals surface area contributed by atoms with E-state index >= 15 is 0 Å². The molecule has 0 spiro atoms. The van der Waals surface area contributed by atoms with Crippen LogP contribution in [-0.4, -0.2) is 23.9 Å². The van der Waals surface area contributed by atoms with E-state index in [9.17, 15) is 18.0 Å². The summed E-state index contributed by atoms with van der Waals surface area (Å²) >= 11 is 0. The highest BCUT2D eigenvalue weighted by atomic mass is 19.4. The Bertz CT molecular complexity index is 492. The van der Waals surface area contributed by atoms with Crippen LogP contribution in [0.25, 0.3) is 0 Å². The first-order valence-corrected chi connectivity index (χ1v) is 5.66. The Hall–Kier alpha value is -2.03. The fourth-order valence-electron chi connectivity index (χ4n) is 1.48. The van der Waals surface area contributed by atoms with Crippen LogP contribution in [0.2, 0.25) is 0 Å². The fourth-order valence-corrected chi connectivity index (χ4v) is 1.48. The van der Waals surface area contributed by atoms with E-state index in [1.54, 1.807) is 6.92 Å². The van der Waals surface area contributed by atoms with Gasteiger partial charge in [-0.15, -0.1) is 13.2 Å². The van der Waals surface area contributed by atoms with Crippen molar-refractivity contribution in [2.45, 2.75) is 26.3 Å². The summed E-state index contributed by atoms with van der Waals surface area (Å²) in [5.74, 6) is -1.33. The number of carbonyl (C=O) groups excluding carboxylic acids is 1. The molecule has 0 saturated heterocycles. The van der Waals surface area contributed by atoms with Gasteiger partial charge < -0.3 is 20.9 Å². The molecule has 1 heterocycles. The smallest absolute Gasteiger partial charge is 0.466 e. The third kappa shape index (κ3) is 4.57. The number of ether oxygens (including phenoxy) is 2. The molecule has 0 aliphatic carbocycles. The minimum atomic E-state index is -4.91. The Balaban J connectivity index is 3.04. The predicted octanol–water partition coefficient (Wildman–Crippen LogP) is 1.13. The van der Waals surface area contributed by atoms with Gasteiger partial charge in [-0.05, 0) is 18.6 Å². The molecule has 0 radical (unpaired) electrons. The number of hydrogen-bond acceptors (Lipinski definition) is 6. The summed E-state index contributed by atoms with van der Waals surface area (Å²) in [7, 11) is 0. The number of anilines is 1. The van der Waals surface area contributed by atoms with Gasteiger partial charge in [0, 0.05) is 6.54 Å². The van der Waals surface area contributed by atoms with Gasteiger partial charge in [0.1, 0.15) is 0 Å². The van der Waals surface area contributed by atoms with Gasteiger partial charge in [-0.1, -0.05) is 0 Å². The van der Waals surface area contributed by atoms with Crippen molar-refractivity contribution in [2.75, 3.05) is 12.3 Å². The topological polar surface area (TPSA) is 100 Å². The SMILES string of the molecule is CCOC(=O)Cc1cc(N)c(OC(F)(F)F)nc1CN. The van der Waals surface area contributed by atoms with Crippen LogP contribution in [0.5, 0.6) is 5.88 Å². The number of rotatable bonds is 5. The molecule has 0 amide bonds. The molecule has 0 unspecified atom stereocenters. The summed E-state index contributed by atoms with van der Waals surface area (Å²) in [4.78, 5) is 15.0. The molecular weight excluding hydrogens is 279 g/mol. The number of halogens is 3. The Kier molecular flexibility index (Phi) is 5.14. The third-order valence-electron chi connectivity index (χ3n) is 2.23. The number of pyridine rings is 1. The van der Waals surface area contributed by atoms with Crippen LogP contribution in [0, 0.1) is 0 Å². The van der Waals surface area contributed by atoms with Gasteiger partial charge in [0.25, 0.3) is 0 Å². The van der Waals surface area contributed by atoms with E-state index in [0.29, 0.717) is 5.56 Å². The van der Waals surface area contributed by atoms with E-state index < -0.39 is 18.2 Å². The van der Waals surface area contributed by atoms with E-state index in [0.717, 1.165) is 0 Å². The second kappa shape index (κ2) is 6.42. The number of carbonyl (C=O) groups is 1. The normalized spacial score (nSPS) is 11.2. The number of esters is 1. The molecule has 0 saturated carbocycles. The molecule has 4 N–H and O–H groups in total. The quantitative estimate of drug-likeness (QED) is 0.789. The number of alkyl halides is 3. The molecule has 0 bridgehead atoms. The van der Waals surface area contributed by atoms with Gasteiger partial charge in [0.05, 0.1) is 24.4 Å². The van der Waals surface area contributed by atoms with E-state index in [1.165, 1.54) is 6.07 Å². The standard InChI is InChI=1S/C11H14F3N3O3/c1-2-19-9(18)4-6-3-7(16)10(17-8(6)5-15)20-11(12,13)14/h3H,2,4-5,15-16H2,1H3. The van der Waals surface area contributed by atoms with Crippen molar-refractivity contribution in [3.8, 4) is 5.88 Å². The Labute approximate surface area is 112 Å². The molecule has 6 nitrogen and oxygen atoms in total. The number of hydrogen-bond donors (Lipinski definition) is 2. The number of nitrogen functional groups attached to an aromatic ring is 1. The highest BCUT2D eigenvalue weighted by molar-refractivity contribution is 5.73. The van der Waals surface area contributed by atoms with E-state index in [-0.39, 0.29) is 31.0 Å². The number of aromatic nitrogens is 1. The van der Waals surface area contributed by atoms with Crippen molar-refractivity contribution in [3.63, 3.8) is 0 Å². The van der Waals surface area contributed by atoms with Gasteiger partial charge in [-0.3, -0.25) is 4.79 Å². The molecular formula is C11H14F3N3O3. The predicted molar refractivity (Wildman–Crippen MR) is 63.6 cm³/mol. The van der Waals surface area contributed by atoms with Crippen LogP contribution in [0.1, 0.15) is 18.2 Å². The lowest BCUT2D eigenvalue weighted by molar-refractivity contribution is -0.275. The lowest BCUT2D eigenvalue weighted by Crippen LogP contribution is -2.20. The molecule has 20 heavy (non-hydrogen) atoms. The summed E-state index contributed by atoms with van der Waals surface area (Å²) in [6, 6.07) is 1.17. The summed E-state index contributed by atoms with van der Waals surface area (Å²) in [6.07, 6.45) is -5.08. The zero-order chi connectivity index (χ0) is 15.3. The summed E-state index contributed by atoms with van der Waals surface area (Å²) in [6.45, 7) is 1.66. The minimum absolute atomic E-state index is 0.0894. The van der Waals surface area contributed by atoms with Crippen molar-refractivity contribution in [1.29, 1.82) is 0 Å². The molecule has 112 valence electrons. The van der Waals surface area contributed by atoms with Crippen molar-refractivity contribution >= 4 is 11.7 Å². The van der Waals surface area contributed by atoms with E-state index in [4.69, 9.17) is 16.2 Å². The van der Waals surface area contributed by atoms with Crippen molar-refractivity contribution < 1.29 is 27.4 Å². The van der Waals surface area contributed by atoms with Gasteiger partial charge in [-0.2, -0.15) is 0 Å². The van der Waals surface area contributed by atoms with Gasteiger partial charge in [-0.25, -0.2) is 4.98 Å². The highest BCUT2D eigenvalue weighted by Crippen LogP contribution is 2.28. The number of nitrogens with zero attached hydrogens (tertiary/aromatic N) is 1. The second-order valence-electron chi connectivity index (χ2n) is 3.72. The van der Waals surface area contributed by atoms with Gasteiger partial charge in [0.15, 0.2) is 0 Å². The minimum Gasteiger partial charge on any atom is -0.466 e. The Morgan fingerprint density at radius 1 is 1.45 bits per heavy atom. The van der Waals surface area contributed by atoms with Crippen LogP contribution in [0.4, 0.5) is 18.9 Å². The first kappa shape index (κ1) is 16.0. The lowest BCUT2D eigenvalue weighted by Gasteiger charge is -2.14. The molecule has 1 aromatic rings. The Morgan fingerprint density at radius 2 is 2.10 bits per heavy atom. The van der Waals surface area contributed by atoms with Crippen molar-refractivity contribution in [3.05, 3.63) is 17.3 Å². The lowest BCUT2D eigenvalue weighted by atomic mass is 10.1. The highest BCUT2D eigenvalue weighted by Gasteiger charge is 2.33. The fraction of sp³-hybridized carbons (Fsp3) is 0.455. The summed E-state index contributed by atoms with van der Waals surface area (Å²) in [5, 5.41) is 0. The second-order valence-corrected chi connectivity index (χ2v) is 3.72. The van der Waals surface area contributed by atoms with Crippen LogP contribution in [-0.2, 0) is 22.5 Å². The molecule has 1 rings (SSSR count). The maximum absolute atomic E-state index is 12.1. The first-order chi connectivity index (χ1) is 9.26. The summed E-state index contributed by atoms with van der Waals surface area (Å²) < 4.78 is 44.8. The van der Waals surface area contributed by atoms with Crippen LogP contribution in [0.3, 0.4) is 0 Å². The zero-order valence-corrected chi connectivity index (χ0v) is 10.7. The van der Waals surface area contributed by atoms with Gasteiger partial charge >= 0.3 is 12.3 Å². The monoisotopic (exact) mass is 293 g/mol. The summed E-state index contributed by atoms with van der Waals surface area (Å²) in [5.41, 5.74) is 10.9. The molecule has 0 fully saturated rings. The van der Waals surface area contributed by atoms with Crippen molar-refractivity contribution in [1.82, 2.24) is 4.98 Å². The molecule has 0 aliphatic rings. The maximum Gasteiger partial charge on any atom is 0.574 e. The van der Waals surface area contributed by atoms with Crippen molar-refractivity contribution in [2.24, 2.45) is 5.73 Å². The van der Waals surface area contributed by atoms with Crippen LogP contribution in [0.15, 0.2) is 6.07 Å².